The fourth-order valence-electron chi connectivity index (χ4n) is 3.67. The number of hydrogen-bond donors (Lipinski definition) is 2. The molecule has 0 bridgehead atoms. The Hall–Kier alpha value is -2.16. The number of furan rings is 1. The van der Waals surface area contributed by atoms with Gasteiger partial charge in [-0.1, -0.05) is 0 Å². The quantitative estimate of drug-likeness (QED) is 0.623. The number of anilines is 1. The number of hydroxylamine groups is 1. The molecule has 9 heteroatoms. The first-order valence-electron chi connectivity index (χ1n) is 7.94. The lowest BCUT2D eigenvalue weighted by Crippen LogP contribution is -2.56. The smallest absolute Gasteiger partial charge is 0.277 e. The van der Waals surface area contributed by atoms with Crippen molar-refractivity contribution in [2.24, 2.45) is 5.41 Å². The average molecular weight is 366 g/mol. The normalized spacial score (nSPS) is 18.7. The molecule has 0 aromatic carbocycles. The molecule has 2 aromatic heterocycles. The topological polar surface area (TPSA) is 94.7 Å². The minimum atomic E-state index is -0.605. The van der Waals surface area contributed by atoms with Crippen LogP contribution in [0.5, 0.6) is 0 Å². The molecule has 0 aliphatic carbocycles. The highest BCUT2D eigenvalue weighted by atomic mass is 35.5. The van der Waals surface area contributed by atoms with Crippen LogP contribution < -0.4 is 10.4 Å². The Labute approximate surface area is 151 Å². The number of nitrogens with zero attached hydrogens (tertiary/aromatic N) is 4. The molecule has 25 heavy (non-hydrogen) atoms. The number of amides is 1. The molecule has 4 heterocycles. The third kappa shape index (κ3) is 3.46. The van der Waals surface area contributed by atoms with Gasteiger partial charge in [0.25, 0.3) is 5.91 Å². The van der Waals surface area contributed by atoms with Crippen molar-refractivity contribution in [2.45, 2.75) is 13.0 Å². The Morgan fingerprint density at radius 3 is 2.72 bits per heavy atom. The first-order valence-corrected chi connectivity index (χ1v) is 7.94. The van der Waals surface area contributed by atoms with Crippen molar-refractivity contribution >= 4 is 24.3 Å². The molecule has 0 radical (unpaired) electrons. The van der Waals surface area contributed by atoms with Gasteiger partial charge in [0.1, 0.15) is 5.76 Å². The van der Waals surface area contributed by atoms with E-state index in [-0.39, 0.29) is 18.0 Å². The van der Waals surface area contributed by atoms with E-state index >= 15 is 0 Å². The van der Waals surface area contributed by atoms with E-state index in [4.69, 9.17) is 9.62 Å². The van der Waals surface area contributed by atoms with Gasteiger partial charge in [0.15, 0.2) is 0 Å². The lowest BCUT2D eigenvalue weighted by molar-refractivity contribution is 0.00694. The van der Waals surface area contributed by atoms with E-state index in [0.717, 1.165) is 44.9 Å². The zero-order valence-corrected chi connectivity index (χ0v) is 14.4. The van der Waals surface area contributed by atoms with Crippen molar-refractivity contribution in [1.82, 2.24) is 20.3 Å². The summed E-state index contributed by atoms with van der Waals surface area (Å²) in [5.74, 6) is 1.03. The second kappa shape index (κ2) is 6.99. The first kappa shape index (κ1) is 17.7. The zero-order chi connectivity index (χ0) is 16.6. The fourth-order valence-corrected chi connectivity index (χ4v) is 3.67. The minimum Gasteiger partial charge on any atom is -0.468 e. The van der Waals surface area contributed by atoms with Crippen molar-refractivity contribution in [3.8, 4) is 0 Å². The van der Waals surface area contributed by atoms with Crippen LogP contribution in [0.2, 0.25) is 0 Å². The van der Waals surface area contributed by atoms with Gasteiger partial charge in [-0.15, -0.1) is 12.4 Å². The van der Waals surface area contributed by atoms with Gasteiger partial charge in [0, 0.05) is 44.0 Å². The number of aromatic nitrogens is 2. The second-order valence-electron chi connectivity index (χ2n) is 6.61. The molecule has 2 aromatic rings. The van der Waals surface area contributed by atoms with Crippen LogP contribution in [0.25, 0.3) is 0 Å². The van der Waals surface area contributed by atoms with Gasteiger partial charge >= 0.3 is 0 Å². The van der Waals surface area contributed by atoms with Crippen LogP contribution in [0.3, 0.4) is 0 Å². The van der Waals surface area contributed by atoms with Crippen LogP contribution in [0.15, 0.2) is 35.2 Å². The Kier molecular flexibility index (Phi) is 4.94. The molecular formula is C16H20ClN5O3. The van der Waals surface area contributed by atoms with Crippen molar-refractivity contribution in [3.63, 3.8) is 0 Å². The molecule has 0 saturated carbocycles. The minimum absolute atomic E-state index is 0. The van der Waals surface area contributed by atoms with Gasteiger partial charge in [0.2, 0.25) is 5.95 Å². The molecule has 2 saturated heterocycles. The largest absolute Gasteiger partial charge is 0.468 e. The second-order valence-corrected chi connectivity index (χ2v) is 6.61. The van der Waals surface area contributed by atoms with E-state index in [1.54, 1.807) is 11.7 Å². The van der Waals surface area contributed by atoms with Crippen molar-refractivity contribution < 1.29 is 14.4 Å². The monoisotopic (exact) mass is 365 g/mol. The predicted octanol–water partition coefficient (Wildman–Crippen LogP) is 1.32. The van der Waals surface area contributed by atoms with E-state index < -0.39 is 5.91 Å². The average Bonchev–Trinajstić information content (AvgIpc) is 3.24. The molecule has 2 aliphatic heterocycles. The molecule has 8 nitrogen and oxygen atoms in total. The van der Waals surface area contributed by atoms with Gasteiger partial charge in [-0.25, -0.2) is 15.4 Å². The highest BCUT2D eigenvalue weighted by molar-refractivity contribution is 5.92. The molecule has 0 unspecified atom stereocenters. The summed E-state index contributed by atoms with van der Waals surface area (Å²) in [5.41, 5.74) is 2.12. The van der Waals surface area contributed by atoms with Crippen LogP contribution >= 0.6 is 12.4 Å². The van der Waals surface area contributed by atoms with Crippen LogP contribution in [0.1, 0.15) is 22.5 Å². The van der Waals surface area contributed by atoms with Gasteiger partial charge in [-0.2, -0.15) is 0 Å². The molecule has 2 N–H and O–H groups in total. The van der Waals surface area contributed by atoms with Crippen LogP contribution in [-0.2, 0) is 6.54 Å². The summed E-state index contributed by atoms with van der Waals surface area (Å²) in [6.45, 7) is 4.80. The molecule has 4 rings (SSSR count). The zero-order valence-electron chi connectivity index (χ0n) is 13.6. The van der Waals surface area contributed by atoms with Crippen LogP contribution in [0.4, 0.5) is 5.95 Å². The molecule has 1 spiro atoms. The van der Waals surface area contributed by atoms with E-state index in [1.165, 1.54) is 12.4 Å². The lowest BCUT2D eigenvalue weighted by atomic mass is 9.79. The number of rotatable bonds is 4. The van der Waals surface area contributed by atoms with Gasteiger partial charge < -0.3 is 9.32 Å². The van der Waals surface area contributed by atoms with E-state index in [9.17, 15) is 4.79 Å². The third-order valence-electron chi connectivity index (χ3n) is 4.80. The molecule has 0 atom stereocenters. The summed E-state index contributed by atoms with van der Waals surface area (Å²) in [6, 6.07) is 3.92. The van der Waals surface area contributed by atoms with Crippen molar-refractivity contribution in [1.29, 1.82) is 0 Å². The Bertz CT molecular complexity index is 716. The predicted molar refractivity (Wildman–Crippen MR) is 91.8 cm³/mol. The van der Waals surface area contributed by atoms with Crippen LogP contribution in [0, 0.1) is 5.41 Å². The highest BCUT2D eigenvalue weighted by Crippen LogP contribution is 2.40. The number of hydrogen-bond acceptors (Lipinski definition) is 7. The number of nitrogens with one attached hydrogen (secondary N) is 1. The van der Waals surface area contributed by atoms with Gasteiger partial charge in [0.05, 0.1) is 18.4 Å². The summed E-state index contributed by atoms with van der Waals surface area (Å²) < 4.78 is 5.40. The standard InChI is InChI=1S/C16H19N5O3.ClH/c22-14(19-23)12-6-17-15(18-7-12)21-4-3-16(11-21)9-20(10-16)8-13-2-1-5-24-13;/h1-2,5-7,23H,3-4,8-11H2,(H,19,22);1H. The number of likely N-dealkylation sites (tertiary alicyclic amines) is 1. The maximum atomic E-state index is 11.3. The van der Waals surface area contributed by atoms with E-state index in [1.807, 2.05) is 12.1 Å². The molecule has 1 amide bonds. The van der Waals surface area contributed by atoms with E-state index in [0.29, 0.717) is 11.4 Å². The lowest BCUT2D eigenvalue weighted by Gasteiger charge is -2.47. The third-order valence-corrected chi connectivity index (χ3v) is 4.80. The number of carbonyl (C=O) groups is 1. The molecule has 2 fully saturated rings. The number of carbonyl (C=O) groups excluding carboxylic acids is 1. The highest BCUT2D eigenvalue weighted by Gasteiger charge is 2.48. The molecule has 134 valence electrons. The summed E-state index contributed by atoms with van der Waals surface area (Å²) >= 11 is 0. The maximum absolute atomic E-state index is 11.3. The van der Waals surface area contributed by atoms with Crippen molar-refractivity contribution in [2.75, 3.05) is 31.1 Å². The fraction of sp³-hybridized carbons (Fsp3) is 0.438. The Balaban J connectivity index is 0.00000182. The Morgan fingerprint density at radius 1 is 1.32 bits per heavy atom. The van der Waals surface area contributed by atoms with E-state index in [2.05, 4.69) is 19.8 Å². The summed E-state index contributed by atoms with van der Waals surface area (Å²) in [5, 5.41) is 8.62. The van der Waals surface area contributed by atoms with Gasteiger partial charge in [-0.3, -0.25) is 14.9 Å². The molecule has 2 aliphatic rings. The first-order chi connectivity index (χ1) is 11.7. The maximum Gasteiger partial charge on any atom is 0.277 e. The molecular weight excluding hydrogens is 346 g/mol. The van der Waals surface area contributed by atoms with Crippen LogP contribution in [-0.4, -0.2) is 52.2 Å². The summed E-state index contributed by atoms with van der Waals surface area (Å²) in [7, 11) is 0. The SMILES string of the molecule is Cl.O=C(NO)c1cnc(N2CCC3(CN(Cc4ccco4)C3)C2)nc1. The summed E-state index contributed by atoms with van der Waals surface area (Å²) in [6.07, 6.45) is 5.69. The Morgan fingerprint density at radius 2 is 2.08 bits per heavy atom. The summed E-state index contributed by atoms with van der Waals surface area (Å²) in [4.78, 5) is 24.3. The van der Waals surface area contributed by atoms with Crippen molar-refractivity contribution in [3.05, 3.63) is 42.1 Å². The number of halogens is 1. The van der Waals surface area contributed by atoms with Gasteiger partial charge in [-0.05, 0) is 18.6 Å².